The van der Waals surface area contributed by atoms with Crippen molar-refractivity contribution in [3.63, 3.8) is 0 Å². The Hall–Kier alpha value is -4.59. The lowest BCUT2D eigenvalue weighted by molar-refractivity contribution is 0.469. The summed E-state index contributed by atoms with van der Waals surface area (Å²) in [6.45, 7) is 0. The fourth-order valence-corrected chi connectivity index (χ4v) is 3.90. The number of benzene rings is 2. The molecule has 154 valence electrons. The number of pyridine rings is 2. The lowest BCUT2D eigenvalue weighted by Crippen LogP contribution is -1.85. The maximum atomic E-state index is 13.9. The zero-order chi connectivity index (χ0) is 21.7. The van der Waals surface area contributed by atoms with Crippen LogP contribution in [0.15, 0.2) is 73.2 Å². The molecule has 0 fully saturated rings. The molecule has 32 heavy (non-hydrogen) atoms. The number of aromatic nitrogens is 6. The van der Waals surface area contributed by atoms with Gasteiger partial charge in [0.1, 0.15) is 17.3 Å². The highest BCUT2D eigenvalue weighted by molar-refractivity contribution is 5.97. The number of phenolic OH excluding ortho intramolecular Hbond substituents is 1. The van der Waals surface area contributed by atoms with Gasteiger partial charge < -0.3 is 10.1 Å². The van der Waals surface area contributed by atoms with Gasteiger partial charge in [-0.1, -0.05) is 12.1 Å². The number of hydrogen-bond donors (Lipinski definition) is 3. The molecule has 0 aliphatic heterocycles. The van der Waals surface area contributed by atoms with Gasteiger partial charge in [0.05, 0.1) is 16.4 Å². The number of hydrogen-bond acceptors (Lipinski definition) is 5. The summed E-state index contributed by atoms with van der Waals surface area (Å²) in [5, 5.41) is 18.0. The van der Waals surface area contributed by atoms with Gasteiger partial charge in [-0.25, -0.2) is 14.4 Å². The van der Waals surface area contributed by atoms with Crippen LogP contribution in [0.25, 0.3) is 55.8 Å². The smallest absolute Gasteiger partial charge is 0.181 e. The minimum atomic E-state index is -0.512. The highest BCUT2D eigenvalue weighted by Gasteiger charge is 2.16. The summed E-state index contributed by atoms with van der Waals surface area (Å²) in [5.74, 6) is -0.0617. The van der Waals surface area contributed by atoms with Crippen molar-refractivity contribution in [3.8, 4) is 39.5 Å². The monoisotopic (exact) mass is 422 g/mol. The van der Waals surface area contributed by atoms with Crippen molar-refractivity contribution >= 4 is 22.1 Å². The molecular formula is C24H15FN6O. The molecule has 7 nitrogen and oxygen atoms in total. The SMILES string of the molecule is Oc1cc(F)cc(-c2cccc3[nH]c(-c4[nH]nc5ncc(-c6ccncc6)cc45)nc23)c1. The molecule has 0 saturated carbocycles. The third-order valence-corrected chi connectivity index (χ3v) is 5.37. The Kier molecular flexibility index (Phi) is 3.97. The molecule has 0 atom stereocenters. The number of aromatic hydroxyl groups is 1. The van der Waals surface area contributed by atoms with E-state index < -0.39 is 5.82 Å². The zero-order valence-corrected chi connectivity index (χ0v) is 16.5. The second-order valence-corrected chi connectivity index (χ2v) is 7.41. The van der Waals surface area contributed by atoms with E-state index in [9.17, 15) is 9.50 Å². The number of H-pyrrole nitrogens is 2. The Morgan fingerprint density at radius 3 is 2.62 bits per heavy atom. The van der Waals surface area contributed by atoms with Crippen LogP contribution < -0.4 is 0 Å². The van der Waals surface area contributed by atoms with Crippen molar-refractivity contribution in [2.75, 3.05) is 0 Å². The molecule has 0 aliphatic carbocycles. The van der Waals surface area contributed by atoms with Crippen molar-refractivity contribution in [2.45, 2.75) is 0 Å². The topological polar surface area (TPSA) is 103 Å². The summed E-state index contributed by atoms with van der Waals surface area (Å²) >= 11 is 0. The van der Waals surface area contributed by atoms with E-state index in [1.54, 1.807) is 18.6 Å². The summed E-state index contributed by atoms with van der Waals surface area (Å²) in [6.07, 6.45) is 5.25. The number of para-hydroxylation sites is 1. The molecule has 6 rings (SSSR count). The standard InChI is InChI=1S/C24H15FN6O/c25-16-8-14(9-17(32)11-16)18-2-1-3-20-21(18)29-24(28-20)22-19-10-15(12-27-23(19)31-30-22)13-4-6-26-7-5-13/h1-12,32H,(H,28,29)(H,27,30,31). The Bertz CT molecular complexity index is 1590. The molecule has 0 aliphatic rings. The molecule has 6 aromatic rings. The predicted molar refractivity (Wildman–Crippen MR) is 119 cm³/mol. The van der Waals surface area contributed by atoms with E-state index in [0.717, 1.165) is 28.1 Å². The van der Waals surface area contributed by atoms with Gasteiger partial charge in [-0.05, 0) is 47.5 Å². The number of halogens is 1. The van der Waals surface area contributed by atoms with Gasteiger partial charge in [-0.15, -0.1) is 0 Å². The summed E-state index contributed by atoms with van der Waals surface area (Å²) < 4.78 is 13.9. The molecule has 4 aromatic heterocycles. The van der Waals surface area contributed by atoms with Crippen LogP contribution in [0.4, 0.5) is 4.39 Å². The number of fused-ring (bicyclic) bond motifs is 2. The summed E-state index contributed by atoms with van der Waals surface area (Å²) in [6, 6.07) is 15.4. The van der Waals surface area contributed by atoms with Crippen molar-refractivity contribution in [3.05, 3.63) is 79.0 Å². The van der Waals surface area contributed by atoms with E-state index in [2.05, 4.69) is 25.1 Å². The van der Waals surface area contributed by atoms with Crippen LogP contribution in [0, 0.1) is 5.82 Å². The largest absolute Gasteiger partial charge is 0.508 e. The zero-order valence-electron chi connectivity index (χ0n) is 16.5. The lowest BCUT2D eigenvalue weighted by Gasteiger charge is -2.04. The predicted octanol–water partition coefficient (Wildman–Crippen LogP) is 5.07. The van der Waals surface area contributed by atoms with E-state index in [4.69, 9.17) is 4.98 Å². The first-order valence-electron chi connectivity index (χ1n) is 9.89. The van der Waals surface area contributed by atoms with Gasteiger partial charge in [-0.2, -0.15) is 5.10 Å². The summed E-state index contributed by atoms with van der Waals surface area (Å²) in [5.41, 5.74) is 5.91. The third-order valence-electron chi connectivity index (χ3n) is 5.37. The van der Waals surface area contributed by atoms with Gasteiger partial charge >= 0.3 is 0 Å². The minimum Gasteiger partial charge on any atom is -0.508 e. The Balaban J connectivity index is 1.52. The second-order valence-electron chi connectivity index (χ2n) is 7.41. The fourth-order valence-electron chi connectivity index (χ4n) is 3.90. The maximum Gasteiger partial charge on any atom is 0.181 e. The number of phenols is 1. The number of nitrogens with one attached hydrogen (secondary N) is 2. The van der Waals surface area contributed by atoms with Crippen molar-refractivity contribution in [2.24, 2.45) is 0 Å². The minimum absolute atomic E-state index is 0.137. The lowest BCUT2D eigenvalue weighted by atomic mass is 10.0. The summed E-state index contributed by atoms with van der Waals surface area (Å²) in [7, 11) is 0. The summed E-state index contributed by atoms with van der Waals surface area (Å²) in [4.78, 5) is 16.6. The van der Waals surface area contributed by atoms with Gasteiger partial charge in [0.15, 0.2) is 11.5 Å². The molecule has 0 radical (unpaired) electrons. The van der Waals surface area contributed by atoms with E-state index in [1.807, 2.05) is 36.4 Å². The van der Waals surface area contributed by atoms with Gasteiger partial charge in [0, 0.05) is 35.8 Å². The number of rotatable bonds is 3. The van der Waals surface area contributed by atoms with Crippen LogP contribution in [0.2, 0.25) is 0 Å². The number of imidazole rings is 1. The van der Waals surface area contributed by atoms with Gasteiger partial charge in [-0.3, -0.25) is 10.1 Å². The van der Waals surface area contributed by atoms with E-state index in [0.29, 0.717) is 33.8 Å². The molecule has 2 aromatic carbocycles. The normalized spacial score (nSPS) is 11.4. The highest BCUT2D eigenvalue weighted by Crippen LogP contribution is 2.33. The average Bonchev–Trinajstić information content (AvgIpc) is 3.42. The van der Waals surface area contributed by atoms with Crippen LogP contribution in [0.5, 0.6) is 5.75 Å². The molecule has 8 heteroatoms. The molecular weight excluding hydrogens is 407 g/mol. The van der Waals surface area contributed by atoms with Gasteiger partial charge in [0.25, 0.3) is 0 Å². The Morgan fingerprint density at radius 1 is 0.906 bits per heavy atom. The molecule has 0 unspecified atom stereocenters. The highest BCUT2D eigenvalue weighted by atomic mass is 19.1. The molecule has 0 bridgehead atoms. The molecule has 0 saturated heterocycles. The van der Waals surface area contributed by atoms with Crippen molar-refractivity contribution in [1.82, 2.24) is 30.1 Å². The molecule has 3 N–H and O–H groups in total. The average molecular weight is 422 g/mol. The van der Waals surface area contributed by atoms with E-state index >= 15 is 0 Å². The van der Waals surface area contributed by atoms with Gasteiger partial charge in [0.2, 0.25) is 0 Å². The first-order chi connectivity index (χ1) is 15.7. The van der Waals surface area contributed by atoms with Crippen molar-refractivity contribution in [1.29, 1.82) is 0 Å². The fraction of sp³-hybridized carbons (Fsp3) is 0. The van der Waals surface area contributed by atoms with Crippen LogP contribution in [-0.2, 0) is 0 Å². The maximum absolute atomic E-state index is 13.9. The van der Waals surface area contributed by atoms with Crippen LogP contribution in [0.3, 0.4) is 0 Å². The van der Waals surface area contributed by atoms with Crippen molar-refractivity contribution < 1.29 is 9.50 Å². The van der Waals surface area contributed by atoms with Crippen LogP contribution >= 0.6 is 0 Å². The van der Waals surface area contributed by atoms with Crippen LogP contribution in [-0.4, -0.2) is 35.2 Å². The molecule has 0 amide bonds. The van der Waals surface area contributed by atoms with E-state index in [1.165, 1.54) is 12.1 Å². The Labute approximate surface area is 180 Å². The second kappa shape index (κ2) is 6.98. The first-order valence-corrected chi connectivity index (χ1v) is 9.89. The van der Waals surface area contributed by atoms with Crippen LogP contribution in [0.1, 0.15) is 0 Å². The first kappa shape index (κ1) is 18.2. The number of nitrogens with zero attached hydrogens (tertiary/aromatic N) is 4. The third kappa shape index (κ3) is 2.97. The van der Waals surface area contributed by atoms with E-state index in [-0.39, 0.29) is 5.75 Å². The quantitative estimate of drug-likeness (QED) is 0.369. The molecule has 0 spiro atoms. The Morgan fingerprint density at radius 2 is 1.78 bits per heavy atom. The molecule has 4 heterocycles. The number of aromatic amines is 2.